The van der Waals surface area contributed by atoms with Crippen LogP contribution in [0.25, 0.3) is 11.1 Å². The van der Waals surface area contributed by atoms with Crippen LogP contribution in [-0.2, 0) is 4.79 Å². The number of hydrogen-bond acceptors (Lipinski definition) is 6. The lowest BCUT2D eigenvalue weighted by molar-refractivity contribution is -0.118. The second kappa shape index (κ2) is 8.34. The second-order valence-corrected chi connectivity index (χ2v) is 5.93. The van der Waals surface area contributed by atoms with Crippen molar-refractivity contribution >= 4 is 35.0 Å². The number of thioether (sulfide) groups is 1. The highest BCUT2D eigenvalue weighted by Gasteiger charge is 2.08. The summed E-state index contributed by atoms with van der Waals surface area (Å²) < 4.78 is 11.1. The molecule has 0 spiro atoms. The number of hydrogen-bond donors (Lipinski definition) is 1. The molecule has 0 unspecified atom stereocenters. The SMILES string of the molecule is CCOc1ccccc1/C=N\NC(=O)CSc1nc2ccccc2o1. The molecule has 0 aliphatic rings. The zero-order chi connectivity index (χ0) is 17.5. The van der Waals surface area contributed by atoms with Gasteiger partial charge >= 0.3 is 0 Å². The van der Waals surface area contributed by atoms with Crippen LogP contribution in [0.4, 0.5) is 0 Å². The van der Waals surface area contributed by atoms with Crippen molar-refractivity contribution in [2.24, 2.45) is 5.10 Å². The third kappa shape index (κ3) is 4.60. The molecule has 0 radical (unpaired) electrons. The quantitative estimate of drug-likeness (QED) is 0.399. The first-order valence-corrected chi connectivity index (χ1v) is 8.77. The van der Waals surface area contributed by atoms with Gasteiger partial charge < -0.3 is 9.15 Å². The van der Waals surface area contributed by atoms with Crippen molar-refractivity contribution in [3.8, 4) is 5.75 Å². The van der Waals surface area contributed by atoms with Gasteiger partial charge in [-0.25, -0.2) is 10.4 Å². The van der Waals surface area contributed by atoms with E-state index in [1.807, 2.05) is 55.5 Å². The fourth-order valence-electron chi connectivity index (χ4n) is 2.12. The zero-order valence-corrected chi connectivity index (χ0v) is 14.5. The summed E-state index contributed by atoms with van der Waals surface area (Å²) in [7, 11) is 0. The van der Waals surface area contributed by atoms with Crippen LogP contribution in [0.1, 0.15) is 12.5 Å². The Bertz CT molecular complexity index is 859. The lowest BCUT2D eigenvalue weighted by Gasteiger charge is -2.05. The standard InChI is InChI=1S/C18H17N3O3S/c1-2-23-15-9-5-3-7-13(15)11-19-21-17(22)12-25-18-20-14-8-4-6-10-16(14)24-18/h3-11H,2,12H2,1H3,(H,21,22)/b19-11-. The van der Waals surface area contributed by atoms with Gasteiger partial charge in [-0.3, -0.25) is 4.79 Å². The molecule has 3 aromatic rings. The van der Waals surface area contributed by atoms with E-state index in [0.717, 1.165) is 16.8 Å². The smallest absolute Gasteiger partial charge is 0.257 e. The molecular weight excluding hydrogens is 338 g/mol. The molecule has 1 N–H and O–H groups in total. The highest BCUT2D eigenvalue weighted by Crippen LogP contribution is 2.22. The Hall–Kier alpha value is -2.80. The van der Waals surface area contributed by atoms with Gasteiger partial charge in [0.15, 0.2) is 5.58 Å². The second-order valence-electron chi connectivity index (χ2n) is 5.00. The molecule has 0 bridgehead atoms. The van der Waals surface area contributed by atoms with Crippen LogP contribution in [0.15, 0.2) is 63.3 Å². The van der Waals surface area contributed by atoms with E-state index in [4.69, 9.17) is 9.15 Å². The number of para-hydroxylation sites is 3. The number of carbonyl (C=O) groups is 1. The number of hydrazone groups is 1. The van der Waals surface area contributed by atoms with E-state index in [1.165, 1.54) is 11.8 Å². The average Bonchev–Trinajstić information content (AvgIpc) is 3.05. The Labute approximate surface area is 149 Å². The van der Waals surface area contributed by atoms with Crippen molar-refractivity contribution in [3.05, 3.63) is 54.1 Å². The summed E-state index contributed by atoms with van der Waals surface area (Å²) in [5.41, 5.74) is 4.77. The summed E-state index contributed by atoms with van der Waals surface area (Å²) in [5.74, 6) is 0.651. The Balaban J connectivity index is 1.52. The van der Waals surface area contributed by atoms with Crippen LogP contribution in [0.5, 0.6) is 5.75 Å². The summed E-state index contributed by atoms with van der Waals surface area (Å²) in [6.07, 6.45) is 1.56. The molecule has 7 heteroatoms. The Kier molecular flexibility index (Phi) is 5.69. The molecule has 1 heterocycles. The van der Waals surface area contributed by atoms with Gasteiger partial charge in [-0.05, 0) is 31.2 Å². The van der Waals surface area contributed by atoms with E-state index in [0.29, 0.717) is 17.4 Å². The van der Waals surface area contributed by atoms with Crippen molar-refractivity contribution in [3.63, 3.8) is 0 Å². The number of carbonyl (C=O) groups excluding carboxylic acids is 1. The highest BCUT2D eigenvalue weighted by molar-refractivity contribution is 7.99. The van der Waals surface area contributed by atoms with Crippen LogP contribution in [0.3, 0.4) is 0 Å². The predicted octanol–water partition coefficient (Wildman–Crippen LogP) is 3.47. The highest BCUT2D eigenvalue weighted by atomic mass is 32.2. The fraction of sp³-hybridized carbons (Fsp3) is 0.167. The van der Waals surface area contributed by atoms with Crippen LogP contribution in [-0.4, -0.2) is 29.5 Å². The third-order valence-electron chi connectivity index (χ3n) is 3.21. The minimum absolute atomic E-state index is 0.164. The molecule has 0 atom stereocenters. The minimum atomic E-state index is -0.239. The number of nitrogens with zero attached hydrogens (tertiary/aromatic N) is 2. The molecule has 0 aliphatic carbocycles. The normalized spacial score (nSPS) is 11.1. The van der Waals surface area contributed by atoms with Gasteiger partial charge in [0.25, 0.3) is 11.1 Å². The van der Waals surface area contributed by atoms with Crippen molar-refractivity contribution in [2.45, 2.75) is 12.1 Å². The first-order chi connectivity index (χ1) is 12.3. The average molecular weight is 355 g/mol. The molecular formula is C18H17N3O3S. The maximum absolute atomic E-state index is 11.9. The van der Waals surface area contributed by atoms with Crippen molar-refractivity contribution in [1.29, 1.82) is 0 Å². The van der Waals surface area contributed by atoms with E-state index >= 15 is 0 Å². The minimum Gasteiger partial charge on any atom is -0.493 e. The first-order valence-electron chi connectivity index (χ1n) is 7.78. The van der Waals surface area contributed by atoms with E-state index in [2.05, 4.69) is 15.5 Å². The molecule has 0 saturated carbocycles. The predicted molar refractivity (Wildman–Crippen MR) is 98.1 cm³/mol. The number of nitrogens with one attached hydrogen (secondary N) is 1. The summed E-state index contributed by atoms with van der Waals surface area (Å²) in [5, 5.41) is 4.43. The molecule has 0 saturated heterocycles. The summed E-state index contributed by atoms with van der Waals surface area (Å²) >= 11 is 1.22. The van der Waals surface area contributed by atoms with Crippen LogP contribution in [0.2, 0.25) is 0 Å². The maximum atomic E-state index is 11.9. The molecule has 0 fully saturated rings. The molecule has 1 amide bonds. The summed E-state index contributed by atoms with van der Waals surface area (Å²) in [6, 6.07) is 15.0. The molecule has 2 aromatic carbocycles. The fourth-order valence-corrected chi connectivity index (χ4v) is 2.75. The lowest BCUT2D eigenvalue weighted by Crippen LogP contribution is -2.19. The molecule has 3 rings (SSSR count). The number of aromatic nitrogens is 1. The number of ether oxygens (including phenoxy) is 1. The summed E-state index contributed by atoms with van der Waals surface area (Å²) in [4.78, 5) is 16.2. The van der Waals surface area contributed by atoms with Gasteiger partial charge in [0, 0.05) is 5.56 Å². The maximum Gasteiger partial charge on any atom is 0.257 e. The van der Waals surface area contributed by atoms with Gasteiger partial charge in [0.05, 0.1) is 18.6 Å². The lowest BCUT2D eigenvalue weighted by atomic mass is 10.2. The van der Waals surface area contributed by atoms with E-state index in [9.17, 15) is 4.79 Å². The molecule has 1 aromatic heterocycles. The summed E-state index contributed by atoms with van der Waals surface area (Å²) in [6.45, 7) is 2.48. The number of fused-ring (bicyclic) bond motifs is 1. The third-order valence-corrected chi connectivity index (χ3v) is 4.04. The molecule has 6 nitrogen and oxygen atoms in total. The van der Waals surface area contributed by atoms with Gasteiger partial charge in [-0.1, -0.05) is 36.0 Å². The van der Waals surface area contributed by atoms with Gasteiger partial charge in [0.1, 0.15) is 11.3 Å². The number of benzene rings is 2. The van der Waals surface area contributed by atoms with Crippen LogP contribution < -0.4 is 10.2 Å². The number of oxazole rings is 1. The zero-order valence-electron chi connectivity index (χ0n) is 13.6. The van der Waals surface area contributed by atoms with Gasteiger partial charge in [-0.2, -0.15) is 5.10 Å². The number of rotatable bonds is 7. The van der Waals surface area contributed by atoms with E-state index in [-0.39, 0.29) is 11.7 Å². The number of amides is 1. The Morgan fingerprint density at radius 1 is 1.28 bits per heavy atom. The van der Waals surface area contributed by atoms with Crippen LogP contribution in [0, 0.1) is 0 Å². The van der Waals surface area contributed by atoms with E-state index in [1.54, 1.807) is 6.21 Å². The monoisotopic (exact) mass is 355 g/mol. The van der Waals surface area contributed by atoms with Gasteiger partial charge in [0.2, 0.25) is 0 Å². The Morgan fingerprint density at radius 2 is 2.08 bits per heavy atom. The largest absolute Gasteiger partial charge is 0.493 e. The molecule has 128 valence electrons. The van der Waals surface area contributed by atoms with Crippen molar-refractivity contribution < 1.29 is 13.9 Å². The molecule has 25 heavy (non-hydrogen) atoms. The van der Waals surface area contributed by atoms with Crippen LogP contribution >= 0.6 is 11.8 Å². The van der Waals surface area contributed by atoms with E-state index < -0.39 is 0 Å². The molecule has 0 aliphatic heterocycles. The first kappa shape index (κ1) is 17.0. The Morgan fingerprint density at radius 3 is 2.92 bits per heavy atom. The topological polar surface area (TPSA) is 76.7 Å². The van der Waals surface area contributed by atoms with Gasteiger partial charge in [-0.15, -0.1) is 0 Å². The van der Waals surface area contributed by atoms with Crippen molar-refractivity contribution in [2.75, 3.05) is 12.4 Å². The van der Waals surface area contributed by atoms with Crippen molar-refractivity contribution in [1.82, 2.24) is 10.4 Å².